The molecule has 2 heterocycles. The van der Waals surface area contributed by atoms with Gasteiger partial charge in [0.25, 0.3) is 0 Å². The number of rotatable bonds is 3. The van der Waals surface area contributed by atoms with E-state index in [2.05, 4.69) is 15.3 Å². The van der Waals surface area contributed by atoms with Crippen LogP contribution in [0, 0.1) is 6.92 Å². The van der Waals surface area contributed by atoms with E-state index in [4.69, 9.17) is 16.0 Å². The van der Waals surface area contributed by atoms with Crippen LogP contribution in [0.4, 0.5) is 11.5 Å². The fraction of sp³-hybridized carbons (Fsp3) is 0.0526. The molecule has 5 nitrogen and oxygen atoms in total. The Morgan fingerprint density at radius 2 is 1.72 bits per heavy atom. The Bertz CT molecular complexity index is 1040. The minimum atomic E-state index is 0.211. The molecule has 6 heteroatoms. The van der Waals surface area contributed by atoms with Crippen LogP contribution in [-0.4, -0.2) is 15.1 Å². The van der Waals surface area contributed by atoms with Crippen LogP contribution < -0.4 is 5.32 Å². The van der Waals surface area contributed by atoms with Crippen molar-refractivity contribution in [2.75, 3.05) is 5.32 Å². The molecule has 4 aromatic rings. The smallest absolute Gasteiger partial charge is 0.232 e. The molecule has 0 saturated carbocycles. The van der Waals surface area contributed by atoms with Crippen molar-refractivity contribution in [2.45, 2.75) is 6.92 Å². The number of fused-ring (bicyclic) bond motifs is 1. The third kappa shape index (κ3) is 2.90. The quantitative estimate of drug-likeness (QED) is 0.490. The zero-order valence-electron chi connectivity index (χ0n) is 13.3. The van der Waals surface area contributed by atoms with Crippen LogP contribution in [0.3, 0.4) is 0 Å². The van der Waals surface area contributed by atoms with E-state index in [9.17, 15) is 5.11 Å². The normalized spacial score (nSPS) is 11.0. The third-order valence-electron chi connectivity index (χ3n) is 3.96. The predicted molar refractivity (Wildman–Crippen MR) is 98.4 cm³/mol. The van der Waals surface area contributed by atoms with Crippen LogP contribution >= 0.6 is 11.6 Å². The largest absolute Gasteiger partial charge is 0.508 e. The molecule has 0 saturated heterocycles. The van der Waals surface area contributed by atoms with E-state index in [-0.39, 0.29) is 5.75 Å². The van der Waals surface area contributed by atoms with Crippen molar-refractivity contribution in [1.82, 2.24) is 9.97 Å². The lowest BCUT2D eigenvalue weighted by atomic mass is 10.1. The Balaban J connectivity index is 1.81. The lowest BCUT2D eigenvalue weighted by Crippen LogP contribution is -1.95. The summed E-state index contributed by atoms with van der Waals surface area (Å²) in [7, 11) is 0. The first-order valence-electron chi connectivity index (χ1n) is 7.68. The van der Waals surface area contributed by atoms with Crippen LogP contribution in [0.15, 0.2) is 59.3 Å². The van der Waals surface area contributed by atoms with Crippen molar-refractivity contribution >= 4 is 34.2 Å². The van der Waals surface area contributed by atoms with Crippen LogP contribution in [0.5, 0.6) is 5.75 Å². The number of benzene rings is 2. The van der Waals surface area contributed by atoms with Gasteiger partial charge < -0.3 is 14.8 Å². The summed E-state index contributed by atoms with van der Waals surface area (Å²) in [6.07, 6.45) is 1.46. The Hall–Kier alpha value is -3.05. The third-order valence-corrected chi connectivity index (χ3v) is 4.22. The average molecular weight is 352 g/mol. The summed E-state index contributed by atoms with van der Waals surface area (Å²) in [4.78, 5) is 8.58. The maximum absolute atomic E-state index is 9.41. The molecule has 2 aromatic heterocycles. The maximum atomic E-state index is 9.41. The number of nitrogens with one attached hydrogen (secondary N) is 1. The number of hydrogen-bond donors (Lipinski definition) is 2. The van der Waals surface area contributed by atoms with Gasteiger partial charge >= 0.3 is 0 Å². The zero-order chi connectivity index (χ0) is 17.4. The first-order valence-corrected chi connectivity index (χ1v) is 8.06. The molecule has 0 amide bonds. The molecule has 0 atom stereocenters. The van der Waals surface area contributed by atoms with E-state index in [1.54, 1.807) is 24.3 Å². The molecule has 2 aromatic carbocycles. The predicted octanol–water partition coefficient (Wildman–Crippen LogP) is 5.30. The van der Waals surface area contributed by atoms with Crippen molar-refractivity contribution < 1.29 is 9.52 Å². The van der Waals surface area contributed by atoms with Gasteiger partial charge in [-0.05, 0) is 55.5 Å². The highest BCUT2D eigenvalue weighted by Crippen LogP contribution is 2.36. The van der Waals surface area contributed by atoms with Gasteiger partial charge in [-0.2, -0.15) is 0 Å². The number of aromatic hydroxyl groups is 1. The molecule has 0 radical (unpaired) electrons. The number of aromatic nitrogens is 2. The minimum Gasteiger partial charge on any atom is -0.508 e. The molecule has 0 unspecified atom stereocenters. The highest BCUT2D eigenvalue weighted by Gasteiger charge is 2.17. The fourth-order valence-corrected chi connectivity index (χ4v) is 2.85. The van der Waals surface area contributed by atoms with Gasteiger partial charge in [0.05, 0.1) is 5.39 Å². The number of phenols is 1. The number of anilines is 2. The van der Waals surface area contributed by atoms with Crippen LogP contribution in [0.2, 0.25) is 5.02 Å². The SMILES string of the molecule is Cc1c(-c2ccc(Cl)cc2)oc2ncnc(Nc3ccc(O)cc3)c12. The number of phenolic OH excluding ortho intramolecular Hbond substituents is 1. The van der Waals surface area contributed by atoms with E-state index in [0.717, 1.165) is 28.0 Å². The summed E-state index contributed by atoms with van der Waals surface area (Å²) in [6, 6.07) is 14.2. The fourth-order valence-electron chi connectivity index (χ4n) is 2.72. The summed E-state index contributed by atoms with van der Waals surface area (Å²) in [5, 5.41) is 14.1. The first-order chi connectivity index (χ1) is 12.1. The van der Waals surface area contributed by atoms with E-state index < -0.39 is 0 Å². The monoisotopic (exact) mass is 351 g/mol. The minimum absolute atomic E-state index is 0.211. The van der Waals surface area contributed by atoms with Gasteiger partial charge in [-0.1, -0.05) is 11.6 Å². The summed E-state index contributed by atoms with van der Waals surface area (Å²) >= 11 is 5.96. The van der Waals surface area contributed by atoms with Gasteiger partial charge in [-0.3, -0.25) is 0 Å². The number of nitrogens with zero attached hydrogens (tertiary/aromatic N) is 2. The molecular formula is C19H14ClN3O2. The van der Waals surface area contributed by atoms with Gasteiger partial charge in [0.1, 0.15) is 23.7 Å². The molecule has 25 heavy (non-hydrogen) atoms. The second-order valence-corrected chi connectivity index (χ2v) is 6.07. The molecule has 0 aliphatic heterocycles. The lowest BCUT2D eigenvalue weighted by molar-refractivity contribution is 0.475. The highest BCUT2D eigenvalue weighted by atomic mass is 35.5. The Kier molecular flexibility index (Phi) is 3.78. The maximum Gasteiger partial charge on any atom is 0.232 e. The van der Waals surface area contributed by atoms with Gasteiger partial charge in [-0.15, -0.1) is 0 Å². The number of halogens is 1. The van der Waals surface area contributed by atoms with Crippen molar-refractivity contribution in [3.8, 4) is 17.1 Å². The Morgan fingerprint density at radius 3 is 2.44 bits per heavy atom. The van der Waals surface area contributed by atoms with Crippen LogP contribution in [0.25, 0.3) is 22.4 Å². The molecule has 0 aliphatic carbocycles. The standard InChI is InChI=1S/C19H14ClN3O2/c1-11-16-18(23-14-6-8-15(24)9-7-14)21-10-22-19(16)25-17(11)12-2-4-13(20)5-3-12/h2-10,24H,1H3,(H,21,22,23). The molecule has 2 N–H and O–H groups in total. The molecular weight excluding hydrogens is 338 g/mol. The topological polar surface area (TPSA) is 71.2 Å². The van der Waals surface area contributed by atoms with E-state index in [1.807, 2.05) is 31.2 Å². The molecule has 0 aliphatic rings. The van der Waals surface area contributed by atoms with Gasteiger partial charge in [0.2, 0.25) is 5.71 Å². The van der Waals surface area contributed by atoms with E-state index in [0.29, 0.717) is 16.6 Å². The number of furan rings is 1. The number of hydrogen-bond acceptors (Lipinski definition) is 5. The second-order valence-electron chi connectivity index (χ2n) is 5.64. The van der Waals surface area contributed by atoms with E-state index >= 15 is 0 Å². The average Bonchev–Trinajstić information content (AvgIpc) is 2.96. The van der Waals surface area contributed by atoms with Gasteiger partial charge in [0.15, 0.2) is 0 Å². The molecule has 0 fully saturated rings. The van der Waals surface area contributed by atoms with Crippen LogP contribution in [-0.2, 0) is 0 Å². The summed E-state index contributed by atoms with van der Waals surface area (Å²) in [5.74, 6) is 1.60. The summed E-state index contributed by atoms with van der Waals surface area (Å²) in [6.45, 7) is 1.97. The molecule has 0 spiro atoms. The molecule has 4 rings (SSSR count). The lowest BCUT2D eigenvalue weighted by Gasteiger charge is -2.06. The van der Waals surface area contributed by atoms with Gasteiger partial charge in [-0.25, -0.2) is 9.97 Å². The summed E-state index contributed by atoms with van der Waals surface area (Å²) in [5.41, 5.74) is 3.19. The highest BCUT2D eigenvalue weighted by molar-refractivity contribution is 6.30. The molecule has 124 valence electrons. The first kappa shape index (κ1) is 15.5. The van der Waals surface area contributed by atoms with Crippen molar-refractivity contribution in [3.05, 3.63) is 65.4 Å². The van der Waals surface area contributed by atoms with E-state index in [1.165, 1.54) is 6.33 Å². The Labute approximate surface area is 148 Å². The van der Waals surface area contributed by atoms with Crippen molar-refractivity contribution in [3.63, 3.8) is 0 Å². The molecule has 0 bridgehead atoms. The van der Waals surface area contributed by atoms with Gasteiger partial charge in [0, 0.05) is 21.8 Å². The Morgan fingerprint density at radius 1 is 1.00 bits per heavy atom. The van der Waals surface area contributed by atoms with Crippen LogP contribution in [0.1, 0.15) is 5.56 Å². The summed E-state index contributed by atoms with van der Waals surface area (Å²) < 4.78 is 5.95. The second kappa shape index (κ2) is 6.11. The van der Waals surface area contributed by atoms with Crippen molar-refractivity contribution in [2.24, 2.45) is 0 Å². The van der Waals surface area contributed by atoms with Crippen molar-refractivity contribution in [1.29, 1.82) is 0 Å². The zero-order valence-corrected chi connectivity index (χ0v) is 14.1. The number of aryl methyl sites for hydroxylation is 1.